The van der Waals surface area contributed by atoms with Crippen LogP contribution < -0.4 is 15.2 Å². The van der Waals surface area contributed by atoms with Crippen molar-refractivity contribution in [1.29, 1.82) is 0 Å². The molecule has 1 aromatic heterocycles. The average Bonchev–Trinajstić information content (AvgIpc) is 2.84. The first-order valence-corrected chi connectivity index (χ1v) is 6.57. The predicted molar refractivity (Wildman–Crippen MR) is 76.7 cm³/mol. The number of carbonyl (C=O) groups excluding carboxylic acids is 1. The third-order valence-electron chi connectivity index (χ3n) is 2.60. The first-order chi connectivity index (χ1) is 9.06. The quantitative estimate of drug-likeness (QED) is 0.695. The number of rotatable bonds is 4. The van der Waals surface area contributed by atoms with Gasteiger partial charge in [-0.15, -0.1) is 11.3 Å². The Morgan fingerprint density at radius 2 is 1.84 bits per heavy atom. The number of nitrogens with two attached hydrogens (primary N) is 1. The molecule has 19 heavy (non-hydrogen) atoms. The van der Waals surface area contributed by atoms with Gasteiger partial charge in [0.15, 0.2) is 11.5 Å². The van der Waals surface area contributed by atoms with Crippen LogP contribution in [-0.4, -0.2) is 20.0 Å². The Morgan fingerprint density at radius 1 is 1.21 bits per heavy atom. The Balaban J connectivity index is 2.47. The molecule has 0 aliphatic heterocycles. The fourth-order valence-electron chi connectivity index (χ4n) is 1.66. The van der Waals surface area contributed by atoms with Crippen LogP contribution in [0.5, 0.6) is 11.5 Å². The van der Waals surface area contributed by atoms with E-state index in [1.54, 1.807) is 24.3 Å². The lowest BCUT2D eigenvalue weighted by molar-refractivity contribution is 0.104. The number of hydrogen-bond donors (Lipinski definition) is 1. The second kappa shape index (κ2) is 5.50. The van der Waals surface area contributed by atoms with Crippen LogP contribution in [0.3, 0.4) is 0 Å². The Kier molecular flexibility index (Phi) is 3.97. The highest BCUT2D eigenvalue weighted by Gasteiger charge is 2.18. The number of ketones is 1. The predicted octanol–water partition coefficient (Wildman–Crippen LogP) is 3.23. The maximum absolute atomic E-state index is 12.3. The van der Waals surface area contributed by atoms with Gasteiger partial charge in [-0.2, -0.15) is 0 Å². The maximum Gasteiger partial charge on any atom is 0.205 e. The minimum absolute atomic E-state index is 0.185. The van der Waals surface area contributed by atoms with Gasteiger partial charge in [-0.3, -0.25) is 4.79 Å². The van der Waals surface area contributed by atoms with E-state index in [0.717, 1.165) is 0 Å². The van der Waals surface area contributed by atoms with Crippen LogP contribution in [0.4, 0.5) is 5.69 Å². The molecular weight excluding hydrogens is 286 g/mol. The minimum Gasteiger partial charge on any atom is -0.493 e. The molecule has 2 aromatic rings. The van der Waals surface area contributed by atoms with E-state index in [2.05, 4.69) is 0 Å². The molecule has 0 aliphatic carbocycles. The van der Waals surface area contributed by atoms with Gasteiger partial charge < -0.3 is 15.2 Å². The minimum atomic E-state index is -0.185. The molecule has 0 saturated heterocycles. The van der Waals surface area contributed by atoms with Crippen molar-refractivity contribution < 1.29 is 14.3 Å². The summed E-state index contributed by atoms with van der Waals surface area (Å²) in [6, 6.07) is 6.49. The zero-order chi connectivity index (χ0) is 14.0. The van der Waals surface area contributed by atoms with Crippen molar-refractivity contribution in [3.05, 3.63) is 39.0 Å². The second-order valence-corrected chi connectivity index (χ2v) is 5.44. The van der Waals surface area contributed by atoms with E-state index in [-0.39, 0.29) is 5.78 Å². The molecule has 100 valence electrons. The maximum atomic E-state index is 12.3. The summed E-state index contributed by atoms with van der Waals surface area (Å²) in [6.45, 7) is 0. The lowest BCUT2D eigenvalue weighted by Crippen LogP contribution is -2.05. The van der Waals surface area contributed by atoms with E-state index in [1.165, 1.54) is 25.6 Å². The fraction of sp³-hybridized carbons (Fsp3) is 0.154. The monoisotopic (exact) mass is 297 g/mol. The largest absolute Gasteiger partial charge is 0.493 e. The van der Waals surface area contributed by atoms with Crippen LogP contribution in [0.2, 0.25) is 4.34 Å². The number of nitrogen functional groups attached to an aromatic ring is 1. The van der Waals surface area contributed by atoms with Gasteiger partial charge in [0.2, 0.25) is 5.78 Å². The first-order valence-electron chi connectivity index (χ1n) is 5.38. The summed E-state index contributed by atoms with van der Waals surface area (Å²) in [5.74, 6) is 0.763. The number of anilines is 1. The lowest BCUT2D eigenvalue weighted by atomic mass is 10.1. The van der Waals surface area contributed by atoms with E-state index in [4.69, 9.17) is 26.8 Å². The smallest absolute Gasteiger partial charge is 0.205 e. The number of benzene rings is 1. The highest BCUT2D eigenvalue weighted by molar-refractivity contribution is 7.18. The van der Waals surface area contributed by atoms with Gasteiger partial charge in [0.1, 0.15) is 0 Å². The molecule has 0 bridgehead atoms. The third kappa shape index (κ3) is 2.67. The molecule has 0 atom stereocenters. The van der Waals surface area contributed by atoms with Crippen LogP contribution >= 0.6 is 22.9 Å². The third-order valence-corrected chi connectivity index (χ3v) is 3.83. The molecule has 0 aliphatic rings. The van der Waals surface area contributed by atoms with Crippen molar-refractivity contribution in [2.75, 3.05) is 20.0 Å². The van der Waals surface area contributed by atoms with Crippen molar-refractivity contribution in [3.63, 3.8) is 0 Å². The van der Waals surface area contributed by atoms with Crippen LogP contribution in [0, 0.1) is 0 Å². The summed E-state index contributed by atoms with van der Waals surface area (Å²) >= 11 is 7.04. The standard InChI is InChI=1S/C13H12ClNO3S/c1-17-9-5-7(8(15)6-10(9)18-2)13(16)11-3-4-12(14)19-11/h3-6H,15H2,1-2H3. The molecule has 0 unspecified atom stereocenters. The first kappa shape index (κ1) is 13.7. The van der Waals surface area contributed by atoms with Crippen LogP contribution in [-0.2, 0) is 0 Å². The van der Waals surface area contributed by atoms with Gasteiger partial charge in [0.25, 0.3) is 0 Å². The molecule has 0 fully saturated rings. The van der Waals surface area contributed by atoms with Gasteiger partial charge in [0, 0.05) is 11.8 Å². The number of halogens is 1. The second-order valence-electron chi connectivity index (χ2n) is 3.73. The molecule has 4 nitrogen and oxygen atoms in total. The van der Waals surface area contributed by atoms with Crippen LogP contribution in [0.1, 0.15) is 15.2 Å². The average molecular weight is 298 g/mol. The van der Waals surface area contributed by atoms with Crippen molar-refractivity contribution >= 4 is 34.4 Å². The van der Waals surface area contributed by atoms with Crippen LogP contribution in [0.15, 0.2) is 24.3 Å². The van der Waals surface area contributed by atoms with Gasteiger partial charge in [0.05, 0.1) is 29.0 Å². The number of carbonyl (C=O) groups is 1. The molecule has 0 spiro atoms. The topological polar surface area (TPSA) is 61.5 Å². The summed E-state index contributed by atoms with van der Waals surface area (Å²) < 4.78 is 10.9. The summed E-state index contributed by atoms with van der Waals surface area (Å²) in [6.07, 6.45) is 0. The van der Waals surface area contributed by atoms with Crippen molar-refractivity contribution in [1.82, 2.24) is 0 Å². The Bertz CT molecular complexity index is 624. The van der Waals surface area contributed by atoms with Gasteiger partial charge in [-0.25, -0.2) is 0 Å². The highest BCUT2D eigenvalue weighted by atomic mass is 35.5. The summed E-state index contributed by atoms with van der Waals surface area (Å²) in [5.41, 5.74) is 6.59. The van der Waals surface area contributed by atoms with Gasteiger partial charge in [-0.1, -0.05) is 11.6 Å². The normalized spacial score (nSPS) is 10.3. The Hall–Kier alpha value is -1.72. The zero-order valence-electron chi connectivity index (χ0n) is 10.4. The van der Waals surface area contributed by atoms with Crippen molar-refractivity contribution in [3.8, 4) is 11.5 Å². The van der Waals surface area contributed by atoms with Gasteiger partial charge >= 0.3 is 0 Å². The lowest BCUT2D eigenvalue weighted by Gasteiger charge is -2.11. The zero-order valence-corrected chi connectivity index (χ0v) is 12.0. The number of methoxy groups -OCH3 is 2. The molecule has 0 amide bonds. The van der Waals surface area contributed by atoms with Gasteiger partial charge in [-0.05, 0) is 18.2 Å². The van der Waals surface area contributed by atoms with Crippen molar-refractivity contribution in [2.45, 2.75) is 0 Å². The molecule has 6 heteroatoms. The Morgan fingerprint density at radius 3 is 2.37 bits per heavy atom. The molecule has 2 N–H and O–H groups in total. The summed E-state index contributed by atoms with van der Waals surface area (Å²) in [7, 11) is 3.02. The summed E-state index contributed by atoms with van der Waals surface area (Å²) in [5, 5.41) is 0. The molecule has 1 heterocycles. The van der Waals surface area contributed by atoms with Crippen LogP contribution in [0.25, 0.3) is 0 Å². The van der Waals surface area contributed by atoms with E-state index < -0.39 is 0 Å². The highest BCUT2D eigenvalue weighted by Crippen LogP contribution is 2.34. The number of hydrogen-bond acceptors (Lipinski definition) is 5. The van der Waals surface area contributed by atoms with E-state index >= 15 is 0 Å². The van der Waals surface area contributed by atoms with E-state index in [9.17, 15) is 4.79 Å². The SMILES string of the molecule is COc1cc(N)c(C(=O)c2ccc(Cl)s2)cc1OC. The molecular formula is C13H12ClNO3S. The fourth-order valence-corrected chi connectivity index (χ4v) is 2.66. The Labute approximate surface area is 119 Å². The van der Waals surface area contributed by atoms with E-state index in [1.807, 2.05) is 0 Å². The number of ether oxygens (including phenoxy) is 2. The molecule has 1 aromatic carbocycles. The number of thiophene rings is 1. The molecule has 0 radical (unpaired) electrons. The van der Waals surface area contributed by atoms with E-state index in [0.29, 0.717) is 32.0 Å². The summed E-state index contributed by atoms with van der Waals surface area (Å²) in [4.78, 5) is 12.9. The molecule has 2 rings (SSSR count). The van der Waals surface area contributed by atoms with Crippen molar-refractivity contribution in [2.24, 2.45) is 0 Å². The molecule has 0 saturated carbocycles.